The number of rotatable bonds is 3. The zero-order chi connectivity index (χ0) is 16.7. The Bertz CT molecular complexity index is 852. The molecule has 0 atom stereocenters. The summed E-state index contributed by atoms with van der Waals surface area (Å²) in [7, 11) is 1.77. The molecule has 2 heterocycles. The minimum Gasteiger partial charge on any atom is -0.357 e. The van der Waals surface area contributed by atoms with E-state index in [2.05, 4.69) is 15.1 Å². The van der Waals surface area contributed by atoms with Crippen molar-refractivity contribution in [2.45, 2.75) is 19.9 Å². The third-order valence-electron chi connectivity index (χ3n) is 3.67. The van der Waals surface area contributed by atoms with Crippen molar-refractivity contribution < 1.29 is 13.2 Å². The van der Waals surface area contributed by atoms with Gasteiger partial charge in [0.1, 0.15) is 29.6 Å². The average molecular weight is 321 g/mol. The summed E-state index contributed by atoms with van der Waals surface area (Å²) in [4.78, 5) is 9.83. The zero-order valence-electron chi connectivity index (χ0n) is 12.8. The van der Waals surface area contributed by atoms with Gasteiger partial charge >= 0.3 is 0 Å². The van der Waals surface area contributed by atoms with Crippen LogP contribution in [0.1, 0.15) is 13.8 Å². The van der Waals surface area contributed by atoms with Crippen LogP contribution in [0.5, 0.6) is 0 Å². The predicted molar refractivity (Wildman–Crippen MR) is 79.6 cm³/mol. The molecule has 0 aliphatic carbocycles. The highest BCUT2D eigenvalue weighted by Gasteiger charge is 2.23. The van der Waals surface area contributed by atoms with Crippen molar-refractivity contribution in [1.82, 2.24) is 19.6 Å². The van der Waals surface area contributed by atoms with E-state index in [4.69, 9.17) is 0 Å². The molecular weight excluding hydrogens is 307 g/mol. The van der Waals surface area contributed by atoms with Crippen molar-refractivity contribution in [2.75, 3.05) is 11.9 Å². The second kappa shape index (κ2) is 5.53. The Labute approximate surface area is 130 Å². The van der Waals surface area contributed by atoms with Gasteiger partial charge in [0.25, 0.3) is 5.78 Å². The van der Waals surface area contributed by atoms with E-state index in [1.807, 2.05) is 13.8 Å². The van der Waals surface area contributed by atoms with Crippen LogP contribution in [-0.4, -0.2) is 32.7 Å². The quantitative estimate of drug-likeness (QED) is 0.744. The molecule has 2 aromatic heterocycles. The molecule has 0 spiro atoms. The van der Waals surface area contributed by atoms with Crippen LogP contribution in [0, 0.1) is 17.5 Å². The zero-order valence-corrected chi connectivity index (χ0v) is 12.8. The van der Waals surface area contributed by atoms with Gasteiger partial charge < -0.3 is 4.90 Å². The smallest absolute Gasteiger partial charge is 0.254 e. The second-order valence-electron chi connectivity index (χ2n) is 5.42. The molecule has 3 rings (SSSR count). The SMILES string of the molecule is CC(C)N(C)c1c(-c2c(F)cc(F)cc2F)cnc2ncnn12. The third-order valence-corrected chi connectivity index (χ3v) is 3.67. The van der Waals surface area contributed by atoms with E-state index in [0.717, 1.165) is 0 Å². The van der Waals surface area contributed by atoms with Crippen molar-refractivity contribution in [1.29, 1.82) is 0 Å². The lowest BCUT2D eigenvalue weighted by atomic mass is 10.1. The lowest BCUT2D eigenvalue weighted by Crippen LogP contribution is -2.29. The maximum absolute atomic E-state index is 14.2. The first kappa shape index (κ1) is 15.3. The summed E-state index contributed by atoms with van der Waals surface area (Å²) >= 11 is 0. The minimum atomic E-state index is -0.998. The van der Waals surface area contributed by atoms with Gasteiger partial charge in [0.15, 0.2) is 0 Å². The van der Waals surface area contributed by atoms with Crippen molar-refractivity contribution >= 4 is 11.6 Å². The molecule has 0 bridgehead atoms. The molecule has 0 saturated heterocycles. The molecule has 0 aliphatic heterocycles. The van der Waals surface area contributed by atoms with Crippen LogP contribution in [-0.2, 0) is 0 Å². The molecule has 0 fully saturated rings. The Morgan fingerprint density at radius 1 is 1.09 bits per heavy atom. The van der Waals surface area contributed by atoms with Crippen LogP contribution < -0.4 is 4.90 Å². The summed E-state index contributed by atoms with van der Waals surface area (Å²) in [6.45, 7) is 3.84. The summed E-state index contributed by atoms with van der Waals surface area (Å²) < 4.78 is 43.0. The predicted octanol–water partition coefficient (Wildman–Crippen LogP) is 3.05. The van der Waals surface area contributed by atoms with Crippen LogP contribution in [0.15, 0.2) is 24.7 Å². The van der Waals surface area contributed by atoms with Gasteiger partial charge in [-0.15, -0.1) is 0 Å². The van der Waals surface area contributed by atoms with Crippen LogP contribution in [0.2, 0.25) is 0 Å². The van der Waals surface area contributed by atoms with Crippen molar-refractivity contribution in [2.24, 2.45) is 0 Å². The van der Waals surface area contributed by atoms with Crippen molar-refractivity contribution in [3.8, 4) is 11.1 Å². The van der Waals surface area contributed by atoms with E-state index in [0.29, 0.717) is 23.7 Å². The van der Waals surface area contributed by atoms with Gasteiger partial charge in [-0.25, -0.2) is 18.2 Å². The monoisotopic (exact) mass is 321 g/mol. The van der Waals surface area contributed by atoms with E-state index < -0.39 is 17.5 Å². The number of hydrogen-bond acceptors (Lipinski definition) is 4. The van der Waals surface area contributed by atoms with Crippen molar-refractivity contribution in [3.05, 3.63) is 42.1 Å². The third kappa shape index (κ3) is 2.49. The maximum Gasteiger partial charge on any atom is 0.254 e. The van der Waals surface area contributed by atoms with E-state index in [-0.39, 0.29) is 17.2 Å². The lowest BCUT2D eigenvalue weighted by Gasteiger charge is -2.26. The number of halogens is 3. The first-order valence-corrected chi connectivity index (χ1v) is 6.96. The molecular formula is C15H14F3N5. The molecule has 5 nitrogen and oxygen atoms in total. The molecule has 0 radical (unpaired) electrons. The molecule has 0 unspecified atom stereocenters. The minimum absolute atomic E-state index is 0.0233. The Kier molecular flexibility index (Phi) is 3.67. The summed E-state index contributed by atoms with van der Waals surface area (Å²) in [5.41, 5.74) is -0.173. The molecule has 0 N–H and O–H groups in total. The van der Waals surface area contributed by atoms with Crippen LogP contribution in [0.4, 0.5) is 19.0 Å². The van der Waals surface area contributed by atoms with Crippen molar-refractivity contribution in [3.63, 3.8) is 0 Å². The first-order chi connectivity index (χ1) is 10.9. The number of fused-ring (bicyclic) bond motifs is 1. The maximum atomic E-state index is 14.2. The van der Waals surface area contributed by atoms with E-state index >= 15 is 0 Å². The summed E-state index contributed by atoms with van der Waals surface area (Å²) in [5, 5.41) is 4.07. The normalized spacial score (nSPS) is 11.4. The van der Waals surface area contributed by atoms with Gasteiger partial charge in [0, 0.05) is 37.0 Å². The molecule has 1 aromatic carbocycles. The fourth-order valence-corrected chi connectivity index (χ4v) is 2.33. The van der Waals surface area contributed by atoms with Gasteiger partial charge in [-0.3, -0.25) is 0 Å². The fourth-order valence-electron chi connectivity index (χ4n) is 2.33. The van der Waals surface area contributed by atoms with Gasteiger partial charge in [-0.05, 0) is 13.8 Å². The number of anilines is 1. The number of nitrogens with zero attached hydrogens (tertiary/aromatic N) is 5. The van der Waals surface area contributed by atoms with Gasteiger partial charge in [0.2, 0.25) is 0 Å². The van der Waals surface area contributed by atoms with Crippen LogP contribution >= 0.6 is 0 Å². The molecule has 0 amide bonds. The van der Waals surface area contributed by atoms with E-state index in [1.54, 1.807) is 11.9 Å². The van der Waals surface area contributed by atoms with E-state index in [9.17, 15) is 13.2 Å². The Balaban J connectivity index is 2.36. The van der Waals surface area contributed by atoms with Crippen LogP contribution in [0.25, 0.3) is 16.9 Å². The first-order valence-electron chi connectivity index (χ1n) is 6.96. The number of aromatic nitrogens is 4. The highest BCUT2D eigenvalue weighted by atomic mass is 19.1. The topological polar surface area (TPSA) is 46.3 Å². The van der Waals surface area contributed by atoms with E-state index in [1.165, 1.54) is 17.0 Å². The lowest BCUT2D eigenvalue weighted by molar-refractivity contribution is 0.547. The molecule has 3 aromatic rings. The largest absolute Gasteiger partial charge is 0.357 e. The Morgan fingerprint density at radius 3 is 2.35 bits per heavy atom. The van der Waals surface area contributed by atoms with Gasteiger partial charge in [-0.1, -0.05) is 0 Å². The fraction of sp³-hybridized carbons (Fsp3) is 0.267. The second-order valence-corrected chi connectivity index (χ2v) is 5.42. The Morgan fingerprint density at radius 2 is 1.74 bits per heavy atom. The number of benzene rings is 1. The average Bonchev–Trinajstić information content (AvgIpc) is 2.93. The Hall–Kier alpha value is -2.64. The molecule has 8 heteroatoms. The summed E-state index contributed by atoms with van der Waals surface area (Å²) in [5.74, 6) is -2.24. The number of hydrogen-bond donors (Lipinski definition) is 0. The standard InChI is InChI=1S/C15H14F3N5/c1-8(2)22(3)14-10(6-19-15-20-7-21-23(14)15)13-11(17)4-9(16)5-12(13)18/h4-8H,1-3H3. The van der Waals surface area contributed by atoms with Gasteiger partial charge in [-0.2, -0.15) is 14.6 Å². The molecule has 23 heavy (non-hydrogen) atoms. The molecule has 120 valence electrons. The van der Waals surface area contributed by atoms with Crippen LogP contribution in [0.3, 0.4) is 0 Å². The molecule has 0 saturated carbocycles. The molecule has 0 aliphatic rings. The summed E-state index contributed by atoms with van der Waals surface area (Å²) in [6, 6.07) is 1.31. The highest BCUT2D eigenvalue weighted by molar-refractivity contribution is 5.77. The highest BCUT2D eigenvalue weighted by Crippen LogP contribution is 2.34. The van der Waals surface area contributed by atoms with Gasteiger partial charge in [0.05, 0.1) is 5.56 Å². The summed E-state index contributed by atoms with van der Waals surface area (Å²) in [6.07, 6.45) is 2.62.